The van der Waals surface area contributed by atoms with Crippen molar-refractivity contribution in [2.45, 2.75) is 24.9 Å². The van der Waals surface area contributed by atoms with Crippen LogP contribution in [-0.4, -0.2) is 41.9 Å². The molecule has 0 aliphatic carbocycles. The molecule has 2 aromatic carbocycles. The number of nitrogens with one attached hydrogen (secondary N) is 1. The number of piperazine rings is 1. The van der Waals surface area contributed by atoms with Crippen LogP contribution in [0.5, 0.6) is 0 Å². The molecule has 2 aromatic rings. The second-order valence-corrected chi connectivity index (χ2v) is 7.35. The number of urea groups is 1. The number of halogens is 6. The van der Waals surface area contributed by atoms with Gasteiger partial charge in [-0.25, -0.2) is 4.79 Å². The molecular formula is C21H19F6N3O2. The number of carbonyl (C=O) groups is 2. The second kappa shape index (κ2) is 8.71. The Balaban J connectivity index is 1.88. The van der Waals surface area contributed by atoms with E-state index in [0.29, 0.717) is 17.7 Å². The summed E-state index contributed by atoms with van der Waals surface area (Å²) < 4.78 is 78.6. The van der Waals surface area contributed by atoms with Gasteiger partial charge in [-0.2, -0.15) is 26.3 Å². The summed E-state index contributed by atoms with van der Waals surface area (Å²) >= 11 is 0. The Bertz CT molecular complexity index is 959. The van der Waals surface area contributed by atoms with Crippen molar-refractivity contribution in [2.24, 2.45) is 0 Å². The maximum atomic E-state index is 13.1. The van der Waals surface area contributed by atoms with E-state index in [1.54, 1.807) is 30.3 Å². The van der Waals surface area contributed by atoms with Crippen molar-refractivity contribution in [3.05, 3.63) is 70.8 Å². The lowest BCUT2D eigenvalue weighted by Gasteiger charge is -2.37. The largest absolute Gasteiger partial charge is 0.416 e. The van der Waals surface area contributed by atoms with E-state index in [0.717, 1.165) is 4.90 Å². The lowest BCUT2D eigenvalue weighted by molar-refractivity contribution is -0.143. The van der Waals surface area contributed by atoms with Crippen LogP contribution < -0.4 is 5.32 Å². The molecule has 1 aliphatic rings. The van der Waals surface area contributed by atoms with Crippen molar-refractivity contribution in [1.29, 1.82) is 0 Å². The highest BCUT2D eigenvalue weighted by Crippen LogP contribution is 2.36. The summed E-state index contributed by atoms with van der Waals surface area (Å²) in [6, 6.07) is 7.94. The molecular weight excluding hydrogens is 440 g/mol. The predicted octanol–water partition coefficient (Wildman–Crippen LogP) is 4.45. The van der Waals surface area contributed by atoms with Gasteiger partial charge in [0.05, 0.1) is 11.1 Å². The van der Waals surface area contributed by atoms with Gasteiger partial charge in [-0.1, -0.05) is 30.3 Å². The van der Waals surface area contributed by atoms with Crippen molar-refractivity contribution in [1.82, 2.24) is 15.1 Å². The summed E-state index contributed by atoms with van der Waals surface area (Å²) in [6.45, 7) is -0.208. The fourth-order valence-corrected chi connectivity index (χ4v) is 3.51. The van der Waals surface area contributed by atoms with Crippen LogP contribution in [0.1, 0.15) is 28.3 Å². The molecule has 1 aliphatic heterocycles. The fourth-order valence-electron chi connectivity index (χ4n) is 3.51. The number of hydrogen-bond donors (Lipinski definition) is 1. The SMILES string of the molecule is CN(Cc1cc(C(F)(F)F)cc(C(F)(F)F)c1)C(=O)N1CCNC(=O)C1c1ccccc1. The molecule has 0 saturated carbocycles. The maximum Gasteiger partial charge on any atom is 0.416 e. The van der Waals surface area contributed by atoms with Crippen LogP contribution in [0.2, 0.25) is 0 Å². The first-order valence-corrected chi connectivity index (χ1v) is 9.50. The molecule has 1 atom stereocenters. The third kappa shape index (κ3) is 5.14. The van der Waals surface area contributed by atoms with Gasteiger partial charge in [0.25, 0.3) is 0 Å². The van der Waals surface area contributed by atoms with E-state index in [1.807, 2.05) is 0 Å². The van der Waals surface area contributed by atoms with E-state index in [4.69, 9.17) is 0 Å². The molecule has 1 N–H and O–H groups in total. The molecule has 32 heavy (non-hydrogen) atoms. The van der Waals surface area contributed by atoms with Crippen molar-refractivity contribution in [2.75, 3.05) is 20.1 Å². The Morgan fingerprint density at radius 2 is 1.59 bits per heavy atom. The average Bonchev–Trinajstić information content (AvgIpc) is 2.72. The molecule has 1 saturated heterocycles. The zero-order chi connectivity index (χ0) is 23.7. The normalized spacial score (nSPS) is 17.2. The average molecular weight is 459 g/mol. The van der Waals surface area contributed by atoms with Crippen molar-refractivity contribution < 1.29 is 35.9 Å². The summed E-state index contributed by atoms with van der Waals surface area (Å²) in [5.41, 5.74) is -2.71. The number of hydrogen-bond acceptors (Lipinski definition) is 2. The molecule has 172 valence electrons. The Morgan fingerprint density at radius 3 is 2.12 bits per heavy atom. The standard InChI is InChI=1S/C21H19F6N3O2/c1-29(12-13-9-15(20(22,23)24)11-16(10-13)21(25,26)27)19(32)30-8-7-28-18(31)17(30)14-5-3-2-4-6-14/h2-6,9-11,17H,7-8,12H2,1H3,(H,28,31). The lowest BCUT2D eigenvalue weighted by atomic mass is 10.0. The summed E-state index contributed by atoms with van der Waals surface area (Å²) in [5.74, 6) is -0.428. The van der Waals surface area contributed by atoms with E-state index in [1.165, 1.54) is 11.9 Å². The quantitative estimate of drug-likeness (QED) is 0.690. The zero-order valence-corrected chi connectivity index (χ0v) is 16.8. The summed E-state index contributed by atoms with van der Waals surface area (Å²) in [7, 11) is 1.25. The minimum absolute atomic E-state index is 0.0335. The highest BCUT2D eigenvalue weighted by molar-refractivity contribution is 5.89. The Labute approximate surface area is 179 Å². The number of rotatable bonds is 3. The number of benzene rings is 2. The minimum atomic E-state index is -4.98. The summed E-state index contributed by atoms with van der Waals surface area (Å²) in [4.78, 5) is 27.7. The lowest BCUT2D eigenvalue weighted by Crippen LogP contribution is -2.54. The molecule has 0 radical (unpaired) electrons. The van der Waals surface area contributed by atoms with Gasteiger partial charge in [0.1, 0.15) is 6.04 Å². The number of carbonyl (C=O) groups excluding carboxylic acids is 2. The molecule has 0 spiro atoms. The fraction of sp³-hybridized carbons (Fsp3) is 0.333. The van der Waals surface area contributed by atoms with Gasteiger partial charge in [0.15, 0.2) is 0 Å². The summed E-state index contributed by atoms with van der Waals surface area (Å²) in [5, 5.41) is 2.65. The first-order chi connectivity index (χ1) is 14.9. The molecule has 5 nitrogen and oxygen atoms in total. The maximum absolute atomic E-state index is 13.1. The van der Waals surface area contributed by atoms with E-state index < -0.39 is 48.0 Å². The van der Waals surface area contributed by atoms with Gasteiger partial charge < -0.3 is 15.1 Å². The highest BCUT2D eigenvalue weighted by Gasteiger charge is 2.38. The van der Waals surface area contributed by atoms with Gasteiger partial charge in [0.2, 0.25) is 5.91 Å². The summed E-state index contributed by atoms with van der Waals surface area (Å²) in [6.07, 6.45) is -9.97. The molecule has 3 amide bonds. The van der Waals surface area contributed by atoms with Crippen molar-refractivity contribution in [3.63, 3.8) is 0 Å². The predicted molar refractivity (Wildman–Crippen MR) is 102 cm³/mol. The van der Waals surface area contributed by atoms with Gasteiger partial charge >= 0.3 is 18.4 Å². The van der Waals surface area contributed by atoms with Crippen LogP contribution >= 0.6 is 0 Å². The molecule has 1 heterocycles. The van der Waals surface area contributed by atoms with E-state index in [9.17, 15) is 35.9 Å². The Hall–Kier alpha value is -3.24. The monoisotopic (exact) mass is 459 g/mol. The van der Waals surface area contributed by atoms with E-state index >= 15 is 0 Å². The van der Waals surface area contributed by atoms with Crippen LogP contribution in [0.3, 0.4) is 0 Å². The van der Waals surface area contributed by atoms with Crippen LogP contribution in [0.4, 0.5) is 31.1 Å². The van der Waals surface area contributed by atoms with Gasteiger partial charge in [-0.05, 0) is 29.3 Å². The molecule has 11 heteroatoms. The van der Waals surface area contributed by atoms with Gasteiger partial charge in [0, 0.05) is 26.7 Å². The first kappa shape index (κ1) is 23.4. The highest BCUT2D eigenvalue weighted by atomic mass is 19.4. The van der Waals surface area contributed by atoms with Crippen LogP contribution in [0.15, 0.2) is 48.5 Å². The molecule has 0 bridgehead atoms. The molecule has 1 fully saturated rings. The topological polar surface area (TPSA) is 52.7 Å². The Kier molecular flexibility index (Phi) is 6.38. The molecule has 1 unspecified atom stereocenters. The first-order valence-electron chi connectivity index (χ1n) is 9.50. The number of nitrogens with zero attached hydrogens (tertiary/aromatic N) is 2. The minimum Gasteiger partial charge on any atom is -0.352 e. The van der Waals surface area contributed by atoms with Crippen LogP contribution in [0, 0.1) is 0 Å². The smallest absolute Gasteiger partial charge is 0.352 e. The third-order valence-electron chi connectivity index (χ3n) is 4.97. The van der Waals surface area contributed by atoms with Crippen LogP contribution in [-0.2, 0) is 23.7 Å². The third-order valence-corrected chi connectivity index (χ3v) is 4.97. The molecule has 0 aromatic heterocycles. The zero-order valence-electron chi connectivity index (χ0n) is 16.8. The van der Waals surface area contributed by atoms with Crippen molar-refractivity contribution in [3.8, 4) is 0 Å². The molecule has 3 rings (SSSR count). The van der Waals surface area contributed by atoms with E-state index in [-0.39, 0.29) is 24.7 Å². The number of alkyl halides is 6. The van der Waals surface area contributed by atoms with Gasteiger partial charge in [-0.15, -0.1) is 0 Å². The van der Waals surface area contributed by atoms with E-state index in [2.05, 4.69) is 5.32 Å². The van der Waals surface area contributed by atoms with Crippen LogP contribution in [0.25, 0.3) is 0 Å². The van der Waals surface area contributed by atoms with Crippen molar-refractivity contribution >= 4 is 11.9 Å². The Morgan fingerprint density at radius 1 is 1.03 bits per heavy atom. The van der Waals surface area contributed by atoms with Gasteiger partial charge in [-0.3, -0.25) is 4.79 Å². The number of amides is 3. The second-order valence-electron chi connectivity index (χ2n) is 7.35.